The molecule has 1 heterocycles. The molecule has 0 bridgehead atoms. The van der Waals surface area contributed by atoms with Crippen molar-refractivity contribution in [2.45, 2.75) is 52.7 Å². The lowest BCUT2D eigenvalue weighted by Gasteiger charge is -2.37. The van der Waals surface area contributed by atoms with Gasteiger partial charge in [-0.1, -0.05) is 30.3 Å². The van der Waals surface area contributed by atoms with Gasteiger partial charge in [-0.3, -0.25) is 0 Å². The lowest BCUT2D eigenvalue weighted by atomic mass is 9.87. The van der Waals surface area contributed by atoms with Gasteiger partial charge >= 0.3 is 0 Å². The minimum atomic E-state index is -0.354. The van der Waals surface area contributed by atoms with Gasteiger partial charge in [0.25, 0.3) is 0 Å². The van der Waals surface area contributed by atoms with Crippen LogP contribution in [0.2, 0.25) is 0 Å². The lowest BCUT2D eigenvalue weighted by Crippen LogP contribution is -2.41. The number of hydrogen-bond acceptors (Lipinski definition) is 4. The van der Waals surface area contributed by atoms with E-state index in [-0.39, 0.29) is 5.60 Å². The third-order valence-corrected chi connectivity index (χ3v) is 5.48. The van der Waals surface area contributed by atoms with E-state index in [2.05, 4.69) is 19.1 Å². The van der Waals surface area contributed by atoms with Crippen LogP contribution in [0.5, 0.6) is 11.5 Å². The maximum Gasteiger partial charge on any atom is 0.130 e. The fourth-order valence-electron chi connectivity index (χ4n) is 3.57. The average molecular weight is 370 g/mol. The first kappa shape index (κ1) is 19.7. The van der Waals surface area contributed by atoms with E-state index in [1.165, 1.54) is 5.56 Å². The minimum Gasteiger partial charge on any atom is -0.507 e. The molecule has 0 spiro atoms. The van der Waals surface area contributed by atoms with Crippen LogP contribution in [0.25, 0.3) is 0 Å². The Morgan fingerprint density at radius 3 is 2.44 bits per heavy atom. The van der Waals surface area contributed by atoms with Crippen molar-refractivity contribution in [3.05, 3.63) is 58.1 Å². The number of phenols is 1. The third-order valence-electron chi connectivity index (χ3n) is 5.48. The predicted molar refractivity (Wildman–Crippen MR) is 107 cm³/mol. The second-order valence-electron chi connectivity index (χ2n) is 7.67. The molecule has 0 aromatic heterocycles. The minimum absolute atomic E-state index is 0.354. The summed E-state index contributed by atoms with van der Waals surface area (Å²) in [6.45, 7) is 10.3. The maximum absolute atomic E-state index is 10.3. The van der Waals surface area contributed by atoms with Crippen LogP contribution in [0.15, 0.2) is 30.3 Å². The number of hydrogen-bond donors (Lipinski definition) is 1. The normalized spacial score (nSPS) is 18.8. The fourth-order valence-corrected chi connectivity index (χ4v) is 3.57. The molecule has 1 unspecified atom stereocenters. The summed E-state index contributed by atoms with van der Waals surface area (Å²) in [5.41, 5.74) is 4.79. The molecule has 4 nitrogen and oxygen atoms in total. The van der Waals surface area contributed by atoms with Crippen molar-refractivity contribution in [3.63, 3.8) is 0 Å². The van der Waals surface area contributed by atoms with E-state index in [0.29, 0.717) is 32.2 Å². The van der Waals surface area contributed by atoms with Crippen LogP contribution in [-0.4, -0.2) is 30.5 Å². The Morgan fingerprint density at radius 1 is 1.00 bits per heavy atom. The highest BCUT2D eigenvalue weighted by Gasteiger charge is 2.34. The molecule has 1 aliphatic rings. The van der Waals surface area contributed by atoms with Gasteiger partial charge in [0.1, 0.15) is 17.1 Å². The van der Waals surface area contributed by atoms with Gasteiger partial charge < -0.3 is 19.3 Å². The summed E-state index contributed by atoms with van der Waals surface area (Å²) in [6, 6.07) is 10.1. The Labute approximate surface area is 162 Å². The van der Waals surface area contributed by atoms with Gasteiger partial charge in [0.2, 0.25) is 0 Å². The second kappa shape index (κ2) is 8.32. The van der Waals surface area contributed by atoms with Crippen molar-refractivity contribution in [3.8, 4) is 11.5 Å². The van der Waals surface area contributed by atoms with Gasteiger partial charge in [-0.2, -0.15) is 0 Å². The highest BCUT2D eigenvalue weighted by atomic mass is 16.6. The Bertz CT molecular complexity index is 785. The maximum atomic E-state index is 10.3. The average Bonchev–Trinajstić information content (AvgIpc) is 2.68. The Morgan fingerprint density at radius 2 is 1.70 bits per heavy atom. The number of phenolic OH excluding ortho intramolecular Hbond substituents is 1. The van der Waals surface area contributed by atoms with Gasteiger partial charge in [-0.05, 0) is 62.8 Å². The summed E-state index contributed by atoms with van der Waals surface area (Å²) < 4.78 is 17.9. The smallest absolute Gasteiger partial charge is 0.130 e. The first-order chi connectivity index (χ1) is 12.9. The number of fused-ring (bicyclic) bond motifs is 1. The van der Waals surface area contributed by atoms with Crippen molar-refractivity contribution in [1.82, 2.24) is 0 Å². The Balaban J connectivity index is 1.50. The number of benzene rings is 2. The van der Waals surface area contributed by atoms with Crippen molar-refractivity contribution in [2.24, 2.45) is 0 Å². The molecule has 0 aliphatic carbocycles. The molecule has 1 atom stereocenters. The number of aromatic hydroxyl groups is 1. The van der Waals surface area contributed by atoms with E-state index in [1.54, 1.807) is 0 Å². The molecule has 1 aliphatic heterocycles. The molecule has 0 saturated heterocycles. The van der Waals surface area contributed by atoms with Crippen LogP contribution in [0.1, 0.15) is 41.2 Å². The first-order valence-corrected chi connectivity index (χ1v) is 9.61. The van der Waals surface area contributed by atoms with E-state index in [0.717, 1.165) is 40.8 Å². The molecule has 0 amide bonds. The zero-order valence-electron chi connectivity index (χ0n) is 16.8. The number of rotatable bonds is 7. The van der Waals surface area contributed by atoms with Crippen LogP contribution in [0.3, 0.4) is 0 Å². The zero-order valence-corrected chi connectivity index (χ0v) is 16.8. The molecular weight excluding hydrogens is 340 g/mol. The molecule has 2 aromatic carbocycles. The Kier molecular flexibility index (Phi) is 6.08. The highest BCUT2D eigenvalue weighted by Crippen LogP contribution is 2.43. The molecule has 4 heteroatoms. The Hall–Kier alpha value is -2.04. The van der Waals surface area contributed by atoms with E-state index in [4.69, 9.17) is 14.2 Å². The first-order valence-electron chi connectivity index (χ1n) is 9.61. The van der Waals surface area contributed by atoms with E-state index < -0.39 is 0 Å². The summed E-state index contributed by atoms with van der Waals surface area (Å²) >= 11 is 0. The summed E-state index contributed by atoms with van der Waals surface area (Å²) in [5.74, 6) is 1.31. The van der Waals surface area contributed by atoms with Gasteiger partial charge in [0.05, 0.1) is 26.4 Å². The topological polar surface area (TPSA) is 47.9 Å². The standard InChI is InChI=1S/C23H30O4/c1-16-17(2)22-20(18(3)21(16)24)10-11-23(4,27-22)15-26-13-12-25-14-19-8-6-5-7-9-19/h5-9,24H,10-15H2,1-4H3. The van der Waals surface area contributed by atoms with Gasteiger partial charge in [-0.15, -0.1) is 0 Å². The summed E-state index contributed by atoms with van der Waals surface area (Å²) in [6.07, 6.45) is 1.76. The van der Waals surface area contributed by atoms with Gasteiger partial charge in [0, 0.05) is 5.56 Å². The predicted octanol–water partition coefficient (Wildman–Crippen LogP) is 4.63. The van der Waals surface area contributed by atoms with Crippen molar-refractivity contribution >= 4 is 0 Å². The van der Waals surface area contributed by atoms with Crippen LogP contribution in [0, 0.1) is 20.8 Å². The largest absolute Gasteiger partial charge is 0.507 e. The van der Waals surface area contributed by atoms with Crippen LogP contribution in [-0.2, 0) is 22.5 Å². The molecule has 0 fully saturated rings. The zero-order chi connectivity index (χ0) is 19.4. The molecule has 2 aromatic rings. The van der Waals surface area contributed by atoms with Crippen molar-refractivity contribution in [1.29, 1.82) is 0 Å². The molecule has 0 saturated carbocycles. The van der Waals surface area contributed by atoms with Crippen LogP contribution >= 0.6 is 0 Å². The van der Waals surface area contributed by atoms with E-state index in [1.807, 2.05) is 39.0 Å². The van der Waals surface area contributed by atoms with E-state index >= 15 is 0 Å². The van der Waals surface area contributed by atoms with Crippen molar-refractivity contribution in [2.75, 3.05) is 19.8 Å². The molecule has 1 N–H and O–H groups in total. The van der Waals surface area contributed by atoms with Crippen LogP contribution < -0.4 is 4.74 Å². The summed E-state index contributed by atoms with van der Waals surface area (Å²) in [5, 5.41) is 10.3. The molecular formula is C23H30O4. The van der Waals surface area contributed by atoms with Crippen molar-refractivity contribution < 1.29 is 19.3 Å². The fraction of sp³-hybridized carbons (Fsp3) is 0.478. The van der Waals surface area contributed by atoms with E-state index in [9.17, 15) is 5.11 Å². The van der Waals surface area contributed by atoms with Gasteiger partial charge in [0.15, 0.2) is 0 Å². The molecule has 3 rings (SSSR count). The third kappa shape index (κ3) is 4.45. The summed E-state index contributed by atoms with van der Waals surface area (Å²) in [4.78, 5) is 0. The summed E-state index contributed by atoms with van der Waals surface area (Å²) in [7, 11) is 0. The lowest BCUT2D eigenvalue weighted by molar-refractivity contribution is -0.0446. The van der Waals surface area contributed by atoms with Crippen LogP contribution in [0.4, 0.5) is 0 Å². The second-order valence-corrected chi connectivity index (χ2v) is 7.67. The molecule has 27 heavy (non-hydrogen) atoms. The molecule has 146 valence electrons. The highest BCUT2D eigenvalue weighted by molar-refractivity contribution is 5.58. The quantitative estimate of drug-likeness (QED) is 0.722. The van der Waals surface area contributed by atoms with Gasteiger partial charge in [-0.25, -0.2) is 0 Å². The SMILES string of the molecule is Cc1c(C)c2c(c(C)c1O)CCC(C)(COCCOCc1ccccc1)O2. The molecule has 0 radical (unpaired) electrons. The number of ether oxygens (including phenoxy) is 3. The monoisotopic (exact) mass is 370 g/mol.